The second kappa shape index (κ2) is 9.72. The number of benzene rings is 1. The van der Waals surface area contributed by atoms with Crippen molar-refractivity contribution in [1.82, 2.24) is 10.3 Å². The third-order valence-electron chi connectivity index (χ3n) is 3.73. The van der Waals surface area contributed by atoms with Crippen LogP contribution in [0.15, 0.2) is 47.2 Å². The van der Waals surface area contributed by atoms with E-state index in [4.69, 9.17) is 4.74 Å². The van der Waals surface area contributed by atoms with Crippen LogP contribution in [-0.4, -0.2) is 29.9 Å². The number of nitrogens with one attached hydrogen (secondary N) is 2. The Morgan fingerprint density at radius 2 is 1.87 bits per heavy atom. The number of thiazole rings is 1. The highest BCUT2D eigenvalue weighted by Crippen LogP contribution is 2.30. The van der Waals surface area contributed by atoms with Crippen molar-refractivity contribution >= 4 is 39.6 Å². The molecule has 2 heterocycles. The van der Waals surface area contributed by atoms with E-state index in [0.717, 1.165) is 12.1 Å². The SMILES string of the molecule is O=C(Cc1csc(NC(=O)c2cccs2)n1)NCCOc1ccc(C(F)(F)F)cc1. The number of rotatable bonds is 8. The Balaban J connectivity index is 1.38. The molecule has 0 radical (unpaired) electrons. The first-order valence-electron chi connectivity index (χ1n) is 8.67. The first-order chi connectivity index (χ1) is 14.3. The lowest BCUT2D eigenvalue weighted by Crippen LogP contribution is -2.29. The van der Waals surface area contributed by atoms with E-state index >= 15 is 0 Å². The van der Waals surface area contributed by atoms with Crippen molar-refractivity contribution in [1.29, 1.82) is 0 Å². The molecule has 0 spiro atoms. The van der Waals surface area contributed by atoms with Gasteiger partial charge < -0.3 is 10.1 Å². The van der Waals surface area contributed by atoms with Crippen molar-refractivity contribution in [3.8, 4) is 5.75 Å². The number of thiophene rings is 1. The minimum Gasteiger partial charge on any atom is -0.492 e. The van der Waals surface area contributed by atoms with E-state index in [1.165, 1.54) is 34.8 Å². The van der Waals surface area contributed by atoms with E-state index in [0.29, 0.717) is 15.7 Å². The Hall–Kier alpha value is -2.92. The molecular formula is C19H16F3N3O3S2. The standard InChI is InChI=1S/C19H16F3N3O3S2/c20-19(21,22)12-3-5-14(6-4-12)28-8-7-23-16(26)10-13-11-30-18(24-13)25-17(27)15-2-1-9-29-15/h1-6,9,11H,7-8,10H2,(H,23,26)(H,24,25,27). The molecular weight excluding hydrogens is 439 g/mol. The van der Waals surface area contributed by atoms with Gasteiger partial charge in [0.25, 0.3) is 5.91 Å². The zero-order valence-corrected chi connectivity index (χ0v) is 17.0. The first-order valence-corrected chi connectivity index (χ1v) is 10.4. The van der Waals surface area contributed by atoms with Crippen molar-refractivity contribution in [2.45, 2.75) is 12.6 Å². The van der Waals surface area contributed by atoms with Crippen LogP contribution in [0.5, 0.6) is 5.75 Å². The number of amides is 2. The van der Waals surface area contributed by atoms with Crippen molar-refractivity contribution < 1.29 is 27.5 Å². The highest BCUT2D eigenvalue weighted by molar-refractivity contribution is 7.14. The fourth-order valence-electron chi connectivity index (χ4n) is 2.34. The topological polar surface area (TPSA) is 80.3 Å². The zero-order valence-electron chi connectivity index (χ0n) is 15.4. The molecule has 0 bridgehead atoms. The van der Waals surface area contributed by atoms with E-state index in [2.05, 4.69) is 15.6 Å². The molecule has 0 fully saturated rings. The second-order valence-corrected chi connectivity index (χ2v) is 7.78. The average Bonchev–Trinajstić information content (AvgIpc) is 3.37. The highest BCUT2D eigenvalue weighted by Gasteiger charge is 2.30. The Kier molecular flexibility index (Phi) is 7.06. The van der Waals surface area contributed by atoms with Crippen molar-refractivity contribution in [2.75, 3.05) is 18.5 Å². The van der Waals surface area contributed by atoms with Gasteiger partial charge in [-0.1, -0.05) is 6.07 Å². The van der Waals surface area contributed by atoms with Gasteiger partial charge in [0.15, 0.2) is 5.13 Å². The molecule has 158 valence electrons. The van der Waals surface area contributed by atoms with Crippen LogP contribution < -0.4 is 15.4 Å². The van der Waals surface area contributed by atoms with Crippen molar-refractivity contribution in [3.63, 3.8) is 0 Å². The predicted octanol–water partition coefficient (Wildman–Crippen LogP) is 4.21. The summed E-state index contributed by atoms with van der Waals surface area (Å²) in [5.74, 6) is -0.258. The van der Waals surface area contributed by atoms with E-state index in [1.807, 2.05) is 0 Å². The lowest BCUT2D eigenvalue weighted by molar-refractivity contribution is -0.137. The van der Waals surface area contributed by atoms with Crippen LogP contribution in [0.2, 0.25) is 0 Å². The quantitative estimate of drug-likeness (QED) is 0.499. The maximum Gasteiger partial charge on any atom is 0.416 e. The molecule has 1 aromatic carbocycles. The number of anilines is 1. The van der Waals surface area contributed by atoms with E-state index < -0.39 is 11.7 Å². The summed E-state index contributed by atoms with van der Waals surface area (Å²) in [7, 11) is 0. The third-order valence-corrected chi connectivity index (χ3v) is 5.41. The molecule has 3 rings (SSSR count). The van der Waals surface area contributed by atoms with Gasteiger partial charge in [0.1, 0.15) is 12.4 Å². The normalized spacial score (nSPS) is 11.2. The molecule has 0 atom stereocenters. The van der Waals surface area contributed by atoms with Gasteiger partial charge in [-0.05, 0) is 35.7 Å². The number of carbonyl (C=O) groups excluding carboxylic acids is 2. The number of carbonyl (C=O) groups is 2. The van der Waals surface area contributed by atoms with Crippen LogP contribution in [0.3, 0.4) is 0 Å². The van der Waals surface area contributed by atoms with Crippen LogP contribution in [0, 0.1) is 0 Å². The number of nitrogens with zero attached hydrogens (tertiary/aromatic N) is 1. The number of halogens is 3. The molecule has 0 aliphatic carbocycles. The molecule has 3 aromatic rings. The Bertz CT molecular complexity index is 987. The summed E-state index contributed by atoms with van der Waals surface area (Å²) in [6.45, 7) is 0.294. The van der Waals surface area contributed by atoms with Crippen molar-refractivity contribution in [2.24, 2.45) is 0 Å². The monoisotopic (exact) mass is 455 g/mol. The maximum atomic E-state index is 12.5. The van der Waals surface area contributed by atoms with E-state index in [-0.39, 0.29) is 37.1 Å². The van der Waals surface area contributed by atoms with Gasteiger partial charge in [0, 0.05) is 5.38 Å². The maximum absolute atomic E-state index is 12.5. The van der Waals surface area contributed by atoms with Gasteiger partial charge >= 0.3 is 6.18 Å². The third kappa shape index (κ3) is 6.29. The molecule has 0 aliphatic heterocycles. The number of hydrogen-bond acceptors (Lipinski definition) is 6. The number of ether oxygens (including phenoxy) is 1. The molecule has 0 aliphatic rings. The van der Waals surface area contributed by atoms with Crippen LogP contribution >= 0.6 is 22.7 Å². The van der Waals surface area contributed by atoms with Gasteiger partial charge in [-0.3, -0.25) is 14.9 Å². The molecule has 0 saturated carbocycles. The number of aromatic nitrogens is 1. The van der Waals surface area contributed by atoms with Gasteiger partial charge in [0.05, 0.1) is 29.1 Å². The van der Waals surface area contributed by atoms with Crippen LogP contribution in [0.1, 0.15) is 20.9 Å². The van der Waals surface area contributed by atoms with Crippen LogP contribution in [0.4, 0.5) is 18.3 Å². The molecule has 30 heavy (non-hydrogen) atoms. The van der Waals surface area contributed by atoms with E-state index in [9.17, 15) is 22.8 Å². The second-order valence-electron chi connectivity index (χ2n) is 5.97. The molecule has 2 N–H and O–H groups in total. The van der Waals surface area contributed by atoms with E-state index in [1.54, 1.807) is 22.9 Å². The minimum absolute atomic E-state index is 0.0334. The summed E-state index contributed by atoms with van der Waals surface area (Å²) < 4.78 is 42.8. The summed E-state index contributed by atoms with van der Waals surface area (Å²) in [4.78, 5) is 28.7. The first kappa shape index (κ1) is 21.8. The highest BCUT2D eigenvalue weighted by atomic mass is 32.1. The molecule has 0 unspecified atom stereocenters. The number of hydrogen-bond donors (Lipinski definition) is 2. The lowest BCUT2D eigenvalue weighted by atomic mass is 10.2. The molecule has 6 nitrogen and oxygen atoms in total. The predicted molar refractivity (Wildman–Crippen MR) is 108 cm³/mol. The summed E-state index contributed by atoms with van der Waals surface area (Å²) >= 11 is 2.54. The lowest BCUT2D eigenvalue weighted by Gasteiger charge is -2.09. The fraction of sp³-hybridized carbons (Fsp3) is 0.211. The van der Waals surface area contributed by atoms with Gasteiger partial charge in [-0.2, -0.15) is 13.2 Å². The molecule has 0 saturated heterocycles. The Morgan fingerprint density at radius 1 is 1.10 bits per heavy atom. The minimum atomic E-state index is -4.39. The molecule has 11 heteroatoms. The van der Waals surface area contributed by atoms with Crippen LogP contribution in [0.25, 0.3) is 0 Å². The Morgan fingerprint density at radius 3 is 2.53 bits per heavy atom. The summed E-state index contributed by atoms with van der Waals surface area (Å²) in [5.41, 5.74) is -0.236. The molecule has 2 amide bonds. The summed E-state index contributed by atoms with van der Waals surface area (Å²) in [6.07, 6.45) is -4.36. The summed E-state index contributed by atoms with van der Waals surface area (Å²) in [6, 6.07) is 7.81. The smallest absolute Gasteiger partial charge is 0.416 e. The van der Waals surface area contributed by atoms with Gasteiger partial charge in [0.2, 0.25) is 5.91 Å². The van der Waals surface area contributed by atoms with Gasteiger partial charge in [-0.15, -0.1) is 22.7 Å². The number of alkyl halides is 3. The van der Waals surface area contributed by atoms with Crippen molar-refractivity contribution in [3.05, 3.63) is 63.3 Å². The van der Waals surface area contributed by atoms with Gasteiger partial charge in [-0.25, -0.2) is 4.98 Å². The Labute approximate surface area is 177 Å². The zero-order chi connectivity index (χ0) is 21.6. The van der Waals surface area contributed by atoms with Crippen LogP contribution in [-0.2, 0) is 17.4 Å². The largest absolute Gasteiger partial charge is 0.492 e. The fourth-order valence-corrected chi connectivity index (χ4v) is 3.66. The molecule has 2 aromatic heterocycles. The average molecular weight is 455 g/mol. The summed E-state index contributed by atoms with van der Waals surface area (Å²) in [5, 5.41) is 9.21.